The van der Waals surface area contributed by atoms with E-state index in [-0.39, 0.29) is 6.42 Å². The Labute approximate surface area is 111 Å². The number of benzene rings is 1. The van der Waals surface area contributed by atoms with Gasteiger partial charge in [0.1, 0.15) is 0 Å². The molecule has 0 atom stereocenters. The Morgan fingerprint density at radius 3 is 2.24 bits per heavy atom. The minimum Gasteiger partial charge on any atom is -0.481 e. The molecule has 5 heteroatoms. The predicted octanol–water partition coefficient (Wildman–Crippen LogP) is 3.29. The van der Waals surface area contributed by atoms with Crippen molar-refractivity contribution < 1.29 is 9.90 Å². The maximum atomic E-state index is 10.4. The Kier molecular flexibility index (Phi) is 6.16. The number of rotatable bonds is 7. The van der Waals surface area contributed by atoms with Crippen LogP contribution in [0.2, 0.25) is 0 Å². The van der Waals surface area contributed by atoms with Crippen LogP contribution in [0.3, 0.4) is 0 Å². The summed E-state index contributed by atoms with van der Waals surface area (Å²) in [6, 6.07) is 8.54. The fourth-order valence-corrected chi connectivity index (χ4v) is 2.02. The van der Waals surface area contributed by atoms with E-state index in [2.05, 4.69) is 0 Å². The van der Waals surface area contributed by atoms with Gasteiger partial charge in [-0.15, -0.1) is 23.2 Å². The molecule has 0 bridgehead atoms. The van der Waals surface area contributed by atoms with Gasteiger partial charge >= 0.3 is 5.97 Å². The van der Waals surface area contributed by atoms with E-state index in [4.69, 9.17) is 28.3 Å². The number of hydrogen-bond donors (Lipinski definition) is 1. The second kappa shape index (κ2) is 7.41. The Morgan fingerprint density at radius 2 is 1.76 bits per heavy atom. The summed E-state index contributed by atoms with van der Waals surface area (Å²) < 4.78 is 0. The van der Waals surface area contributed by atoms with Crippen LogP contribution in [0.1, 0.15) is 18.4 Å². The van der Waals surface area contributed by atoms with Gasteiger partial charge in [-0.05, 0) is 30.5 Å². The summed E-state index contributed by atoms with van der Waals surface area (Å²) in [5, 5.41) is 8.54. The number of alkyl halides is 2. The summed E-state index contributed by atoms with van der Waals surface area (Å²) >= 11 is 11.5. The lowest BCUT2D eigenvalue weighted by atomic mass is 10.1. The van der Waals surface area contributed by atoms with Crippen LogP contribution in [-0.4, -0.2) is 23.1 Å². The van der Waals surface area contributed by atoms with Gasteiger partial charge in [0.2, 0.25) is 0 Å². The lowest BCUT2D eigenvalue weighted by molar-refractivity contribution is -0.137. The van der Waals surface area contributed by atoms with Crippen molar-refractivity contribution in [2.75, 3.05) is 16.9 Å². The molecule has 0 fully saturated rings. The smallest absolute Gasteiger partial charge is 0.303 e. The van der Waals surface area contributed by atoms with Crippen molar-refractivity contribution in [3.63, 3.8) is 0 Å². The third-order valence-electron chi connectivity index (χ3n) is 2.45. The average Bonchev–Trinajstić information content (AvgIpc) is 2.32. The third-order valence-corrected chi connectivity index (χ3v) is 3.02. The van der Waals surface area contributed by atoms with Crippen LogP contribution in [0.15, 0.2) is 24.3 Å². The molecule has 1 aromatic carbocycles. The molecule has 0 aromatic heterocycles. The molecule has 17 heavy (non-hydrogen) atoms. The standard InChI is InChI=1S/C12H15Cl2NO2/c13-8-15(9-14)11-6-4-10(5-7-11)2-1-3-12(16)17/h4-7H,1-3,8-9H2,(H,16,17). The van der Waals surface area contributed by atoms with Crippen molar-refractivity contribution in [3.05, 3.63) is 29.8 Å². The molecule has 0 spiro atoms. The lowest BCUT2D eigenvalue weighted by Gasteiger charge is -2.18. The topological polar surface area (TPSA) is 40.5 Å². The van der Waals surface area contributed by atoms with Gasteiger partial charge in [0.25, 0.3) is 0 Å². The predicted molar refractivity (Wildman–Crippen MR) is 70.9 cm³/mol. The van der Waals surface area contributed by atoms with Gasteiger partial charge in [-0.3, -0.25) is 4.79 Å². The number of hydrogen-bond acceptors (Lipinski definition) is 2. The molecular weight excluding hydrogens is 261 g/mol. The van der Waals surface area contributed by atoms with E-state index in [9.17, 15) is 4.79 Å². The van der Waals surface area contributed by atoms with Crippen LogP contribution in [0, 0.1) is 0 Å². The number of anilines is 1. The first kappa shape index (κ1) is 14.1. The van der Waals surface area contributed by atoms with Crippen molar-refractivity contribution in [1.29, 1.82) is 0 Å². The Morgan fingerprint density at radius 1 is 1.18 bits per heavy atom. The number of aryl methyl sites for hydroxylation is 1. The molecule has 0 unspecified atom stereocenters. The Balaban J connectivity index is 2.52. The molecule has 0 radical (unpaired) electrons. The third kappa shape index (κ3) is 4.84. The van der Waals surface area contributed by atoms with Crippen LogP contribution < -0.4 is 4.90 Å². The first-order valence-corrected chi connectivity index (χ1v) is 6.42. The van der Waals surface area contributed by atoms with Crippen molar-refractivity contribution in [2.45, 2.75) is 19.3 Å². The Hall–Kier alpha value is -0.930. The van der Waals surface area contributed by atoms with Crippen LogP contribution in [0.25, 0.3) is 0 Å². The van der Waals surface area contributed by atoms with Crippen molar-refractivity contribution in [1.82, 2.24) is 0 Å². The van der Waals surface area contributed by atoms with Crippen molar-refractivity contribution >= 4 is 34.9 Å². The number of halogens is 2. The van der Waals surface area contributed by atoms with E-state index in [1.165, 1.54) is 0 Å². The molecule has 0 saturated heterocycles. The van der Waals surface area contributed by atoms with Gasteiger partial charge in [-0.2, -0.15) is 0 Å². The molecular formula is C12H15Cl2NO2. The summed E-state index contributed by atoms with van der Waals surface area (Å²) in [6.45, 7) is 0. The number of nitrogens with zero attached hydrogens (tertiary/aromatic N) is 1. The highest BCUT2D eigenvalue weighted by atomic mass is 35.5. The van der Waals surface area contributed by atoms with Crippen molar-refractivity contribution in [3.8, 4) is 0 Å². The van der Waals surface area contributed by atoms with Crippen LogP contribution in [0.5, 0.6) is 0 Å². The highest BCUT2D eigenvalue weighted by Gasteiger charge is 2.03. The van der Waals surface area contributed by atoms with E-state index in [0.717, 1.165) is 17.7 Å². The van der Waals surface area contributed by atoms with Crippen LogP contribution >= 0.6 is 23.2 Å². The quantitative estimate of drug-likeness (QED) is 0.613. The van der Waals surface area contributed by atoms with E-state index in [0.29, 0.717) is 18.4 Å². The molecule has 1 N–H and O–H groups in total. The second-order valence-corrected chi connectivity index (χ2v) is 4.17. The van der Waals surface area contributed by atoms with Gasteiger partial charge < -0.3 is 10.0 Å². The Bertz CT molecular complexity index is 350. The van der Waals surface area contributed by atoms with E-state index >= 15 is 0 Å². The van der Waals surface area contributed by atoms with Crippen LogP contribution in [-0.2, 0) is 11.2 Å². The number of aliphatic carboxylic acids is 1. The zero-order valence-electron chi connectivity index (χ0n) is 9.40. The fraction of sp³-hybridized carbons (Fsp3) is 0.417. The summed E-state index contributed by atoms with van der Waals surface area (Å²) in [5.41, 5.74) is 2.09. The van der Waals surface area contributed by atoms with Gasteiger partial charge in [0.05, 0.1) is 12.0 Å². The minimum atomic E-state index is -0.753. The average molecular weight is 276 g/mol. The molecule has 0 saturated carbocycles. The normalized spacial score (nSPS) is 10.2. The van der Waals surface area contributed by atoms with Gasteiger partial charge in [-0.25, -0.2) is 0 Å². The zero-order valence-corrected chi connectivity index (χ0v) is 10.9. The molecule has 1 aromatic rings. The maximum absolute atomic E-state index is 10.4. The molecule has 0 aliphatic carbocycles. The van der Waals surface area contributed by atoms with E-state index < -0.39 is 5.97 Å². The number of carboxylic acid groups (broad SMARTS) is 1. The number of carbonyl (C=O) groups is 1. The lowest BCUT2D eigenvalue weighted by Crippen LogP contribution is -2.18. The van der Waals surface area contributed by atoms with E-state index in [1.54, 1.807) is 0 Å². The van der Waals surface area contributed by atoms with Gasteiger partial charge in [0, 0.05) is 12.1 Å². The summed E-state index contributed by atoms with van der Waals surface area (Å²) in [5.74, 6) is -0.753. The van der Waals surface area contributed by atoms with Crippen molar-refractivity contribution in [2.24, 2.45) is 0 Å². The SMILES string of the molecule is O=C(O)CCCc1ccc(N(CCl)CCl)cc1. The maximum Gasteiger partial charge on any atom is 0.303 e. The minimum absolute atomic E-state index is 0.206. The summed E-state index contributed by atoms with van der Waals surface area (Å²) in [6.07, 6.45) is 1.63. The molecule has 3 nitrogen and oxygen atoms in total. The highest BCUT2D eigenvalue weighted by Crippen LogP contribution is 2.17. The first-order chi connectivity index (χ1) is 8.17. The first-order valence-electron chi connectivity index (χ1n) is 5.35. The summed E-state index contributed by atoms with van der Waals surface area (Å²) in [7, 11) is 0. The second-order valence-electron chi connectivity index (χ2n) is 3.69. The van der Waals surface area contributed by atoms with Gasteiger partial charge in [-0.1, -0.05) is 12.1 Å². The molecule has 0 heterocycles. The molecule has 0 aliphatic heterocycles. The fourth-order valence-electron chi connectivity index (χ4n) is 1.49. The molecule has 94 valence electrons. The van der Waals surface area contributed by atoms with E-state index in [1.807, 2.05) is 29.2 Å². The monoisotopic (exact) mass is 275 g/mol. The highest BCUT2D eigenvalue weighted by molar-refractivity contribution is 6.22. The summed E-state index contributed by atoms with van der Waals surface area (Å²) in [4.78, 5) is 12.2. The zero-order chi connectivity index (χ0) is 12.7. The van der Waals surface area contributed by atoms with Gasteiger partial charge in [0.15, 0.2) is 0 Å². The largest absolute Gasteiger partial charge is 0.481 e. The molecule has 1 rings (SSSR count). The number of carboxylic acids is 1. The van der Waals surface area contributed by atoms with Crippen LogP contribution in [0.4, 0.5) is 5.69 Å². The molecule has 0 amide bonds. The molecule has 0 aliphatic rings.